The molecule has 0 N–H and O–H groups in total. The lowest BCUT2D eigenvalue weighted by molar-refractivity contribution is -0.151. The monoisotopic (exact) mass is 341 g/mol. The molecule has 0 spiro atoms. The van der Waals surface area contributed by atoms with Crippen LogP contribution >= 0.6 is 15.9 Å². The van der Waals surface area contributed by atoms with Crippen LogP contribution < -0.4 is 0 Å². The Hall–Kier alpha value is -0.560. The fourth-order valence-electron chi connectivity index (χ4n) is 1.84. The van der Waals surface area contributed by atoms with Crippen LogP contribution in [0.1, 0.15) is 32.2 Å². The van der Waals surface area contributed by atoms with Crippen LogP contribution in [0.5, 0.6) is 0 Å². The van der Waals surface area contributed by atoms with E-state index in [-0.39, 0.29) is 12.6 Å². The summed E-state index contributed by atoms with van der Waals surface area (Å²) >= 11 is 3.43. The summed E-state index contributed by atoms with van der Waals surface area (Å²) in [6, 6.07) is -0.187. The molecule has 0 aliphatic heterocycles. The van der Waals surface area contributed by atoms with Crippen LogP contribution in [0.2, 0.25) is 0 Å². The van der Waals surface area contributed by atoms with E-state index in [4.69, 9.17) is 0 Å². The van der Waals surface area contributed by atoms with Gasteiger partial charge in [0.05, 0.1) is 22.4 Å². The molecule has 0 aliphatic carbocycles. The first kappa shape index (κ1) is 16.5. The minimum Gasteiger partial charge on any atom is -0.287 e. The van der Waals surface area contributed by atoms with E-state index in [9.17, 15) is 13.2 Å². The zero-order valence-corrected chi connectivity index (χ0v) is 13.1. The summed E-state index contributed by atoms with van der Waals surface area (Å²) < 4.78 is 40.2. The number of alkyl halides is 3. The zero-order valence-electron chi connectivity index (χ0n) is 11.6. The number of hydrogen-bond donors (Lipinski definition) is 0. The molecule has 19 heavy (non-hydrogen) atoms. The van der Waals surface area contributed by atoms with Gasteiger partial charge in [-0.05, 0) is 36.2 Å². The lowest BCUT2D eigenvalue weighted by Crippen LogP contribution is -2.39. The first-order valence-electron chi connectivity index (χ1n) is 6.16. The van der Waals surface area contributed by atoms with Gasteiger partial charge in [-0.1, -0.05) is 6.92 Å². The Kier molecular flexibility index (Phi) is 5.43. The highest BCUT2D eigenvalue weighted by atomic mass is 79.9. The molecule has 1 heterocycles. The maximum atomic E-state index is 12.6. The van der Waals surface area contributed by atoms with E-state index in [1.165, 1.54) is 4.90 Å². The molecule has 0 saturated carbocycles. The van der Waals surface area contributed by atoms with Crippen LogP contribution in [0.25, 0.3) is 0 Å². The zero-order chi connectivity index (χ0) is 14.8. The minimum absolute atomic E-state index is 0.187. The molecule has 0 aromatic carbocycles. The van der Waals surface area contributed by atoms with Crippen LogP contribution in [-0.4, -0.2) is 33.4 Å². The number of aromatic nitrogens is 2. The molecule has 110 valence electrons. The molecule has 0 amide bonds. The van der Waals surface area contributed by atoms with Crippen molar-refractivity contribution >= 4 is 15.9 Å². The second-order valence-corrected chi connectivity index (χ2v) is 5.59. The van der Waals surface area contributed by atoms with Gasteiger partial charge >= 0.3 is 6.18 Å². The van der Waals surface area contributed by atoms with Gasteiger partial charge in [-0.2, -0.15) is 18.3 Å². The SMILES string of the molecule is CCc1nn(C)c(CN(CC(F)(F)F)C(C)C)c1Br. The molecule has 7 heteroatoms. The second-order valence-electron chi connectivity index (χ2n) is 4.80. The topological polar surface area (TPSA) is 21.1 Å². The third-order valence-corrected chi connectivity index (χ3v) is 3.88. The number of rotatable bonds is 5. The third kappa shape index (κ3) is 4.49. The normalized spacial score (nSPS) is 12.7. The number of aryl methyl sites for hydroxylation is 2. The molecular weight excluding hydrogens is 323 g/mol. The van der Waals surface area contributed by atoms with Gasteiger partial charge in [0.2, 0.25) is 0 Å². The first-order chi connectivity index (χ1) is 8.65. The Morgan fingerprint density at radius 3 is 2.32 bits per heavy atom. The number of nitrogens with zero attached hydrogens (tertiary/aromatic N) is 3. The summed E-state index contributed by atoms with van der Waals surface area (Å²) in [7, 11) is 1.76. The Balaban J connectivity index is 2.94. The van der Waals surface area contributed by atoms with Crippen molar-refractivity contribution < 1.29 is 13.2 Å². The molecule has 0 aliphatic rings. The minimum atomic E-state index is -4.19. The van der Waals surface area contributed by atoms with Crippen molar-refractivity contribution in [2.75, 3.05) is 6.54 Å². The van der Waals surface area contributed by atoms with Gasteiger partial charge in [0, 0.05) is 19.6 Å². The van der Waals surface area contributed by atoms with Gasteiger partial charge in [-0.15, -0.1) is 0 Å². The van der Waals surface area contributed by atoms with E-state index in [2.05, 4.69) is 21.0 Å². The lowest BCUT2D eigenvalue weighted by atomic mass is 10.2. The van der Waals surface area contributed by atoms with Crippen molar-refractivity contribution in [3.05, 3.63) is 15.9 Å². The van der Waals surface area contributed by atoms with E-state index in [1.54, 1.807) is 25.6 Å². The molecule has 0 unspecified atom stereocenters. The van der Waals surface area contributed by atoms with Gasteiger partial charge in [-0.25, -0.2) is 0 Å². The average Bonchev–Trinajstić information content (AvgIpc) is 2.53. The molecule has 0 radical (unpaired) electrons. The van der Waals surface area contributed by atoms with Crippen LogP contribution in [-0.2, 0) is 20.0 Å². The summed E-state index contributed by atoms with van der Waals surface area (Å²) in [6.45, 7) is 4.80. The first-order valence-corrected chi connectivity index (χ1v) is 6.96. The predicted octanol–water partition coefficient (Wildman–Crippen LogP) is 3.52. The second kappa shape index (κ2) is 6.26. The average molecular weight is 342 g/mol. The summed E-state index contributed by atoms with van der Waals surface area (Å²) in [5.74, 6) is 0. The molecule has 0 fully saturated rings. The van der Waals surface area contributed by atoms with Gasteiger partial charge in [0.15, 0.2) is 0 Å². The van der Waals surface area contributed by atoms with Crippen LogP contribution in [0, 0.1) is 0 Å². The standard InChI is InChI=1S/C12H19BrF3N3/c1-5-9-11(13)10(18(4)17-9)6-19(8(2)3)7-12(14,15)16/h8H,5-7H2,1-4H3. The highest BCUT2D eigenvalue weighted by molar-refractivity contribution is 9.10. The molecule has 0 saturated heterocycles. The third-order valence-electron chi connectivity index (χ3n) is 2.97. The summed E-state index contributed by atoms with van der Waals surface area (Å²) in [5.41, 5.74) is 1.64. The summed E-state index contributed by atoms with van der Waals surface area (Å²) in [4.78, 5) is 1.39. The molecular formula is C12H19BrF3N3. The maximum absolute atomic E-state index is 12.6. The van der Waals surface area contributed by atoms with Crippen molar-refractivity contribution in [3.63, 3.8) is 0 Å². The summed E-state index contributed by atoms with van der Waals surface area (Å²) in [5, 5.41) is 4.30. The van der Waals surface area contributed by atoms with Gasteiger partial charge in [0.1, 0.15) is 0 Å². The molecule has 0 atom stereocenters. The van der Waals surface area contributed by atoms with Crippen molar-refractivity contribution in [2.45, 2.75) is 46.0 Å². The molecule has 1 aromatic rings. The van der Waals surface area contributed by atoms with Crippen molar-refractivity contribution in [2.24, 2.45) is 7.05 Å². The number of halogens is 4. The maximum Gasteiger partial charge on any atom is 0.401 e. The van der Waals surface area contributed by atoms with E-state index in [1.807, 2.05) is 6.92 Å². The molecule has 3 nitrogen and oxygen atoms in total. The van der Waals surface area contributed by atoms with E-state index in [0.29, 0.717) is 0 Å². The fraction of sp³-hybridized carbons (Fsp3) is 0.750. The Labute approximate surface area is 119 Å². The van der Waals surface area contributed by atoms with Crippen LogP contribution in [0.15, 0.2) is 4.47 Å². The van der Waals surface area contributed by atoms with Crippen molar-refractivity contribution in [1.29, 1.82) is 0 Å². The Morgan fingerprint density at radius 2 is 1.95 bits per heavy atom. The van der Waals surface area contributed by atoms with Crippen LogP contribution in [0.3, 0.4) is 0 Å². The fourth-order valence-corrected chi connectivity index (χ4v) is 2.58. The van der Waals surface area contributed by atoms with Crippen LogP contribution in [0.4, 0.5) is 13.2 Å². The van der Waals surface area contributed by atoms with Crippen molar-refractivity contribution in [1.82, 2.24) is 14.7 Å². The Morgan fingerprint density at radius 1 is 1.37 bits per heavy atom. The van der Waals surface area contributed by atoms with E-state index < -0.39 is 12.7 Å². The van der Waals surface area contributed by atoms with Gasteiger partial charge < -0.3 is 0 Å². The van der Waals surface area contributed by atoms with E-state index in [0.717, 1.165) is 22.3 Å². The quantitative estimate of drug-likeness (QED) is 0.817. The van der Waals surface area contributed by atoms with Crippen molar-refractivity contribution in [3.8, 4) is 0 Å². The Bertz CT molecular complexity index is 427. The lowest BCUT2D eigenvalue weighted by Gasteiger charge is -2.27. The summed E-state index contributed by atoms with van der Waals surface area (Å²) in [6.07, 6.45) is -3.45. The van der Waals surface area contributed by atoms with E-state index >= 15 is 0 Å². The predicted molar refractivity (Wildman–Crippen MR) is 71.9 cm³/mol. The van der Waals surface area contributed by atoms with Gasteiger partial charge in [0.25, 0.3) is 0 Å². The largest absolute Gasteiger partial charge is 0.401 e. The highest BCUT2D eigenvalue weighted by Gasteiger charge is 2.32. The molecule has 1 rings (SSSR count). The van der Waals surface area contributed by atoms with Gasteiger partial charge in [-0.3, -0.25) is 9.58 Å². The highest BCUT2D eigenvalue weighted by Crippen LogP contribution is 2.25. The number of hydrogen-bond acceptors (Lipinski definition) is 2. The molecule has 0 bridgehead atoms. The smallest absolute Gasteiger partial charge is 0.287 e. The molecule has 1 aromatic heterocycles.